The fourth-order valence-electron chi connectivity index (χ4n) is 5.43. The van der Waals surface area contributed by atoms with Gasteiger partial charge in [0.15, 0.2) is 0 Å². The van der Waals surface area contributed by atoms with Crippen LogP contribution in [0.5, 0.6) is 0 Å². The Morgan fingerprint density at radius 1 is 1.06 bits per heavy atom. The fraction of sp³-hybridized carbons (Fsp3) is 0.517. The predicted octanol–water partition coefficient (Wildman–Crippen LogP) is 3.76. The number of carbonyl (C=O) groups is 1. The Morgan fingerprint density at radius 2 is 1.83 bits per heavy atom. The van der Waals surface area contributed by atoms with E-state index in [9.17, 15) is 4.79 Å². The van der Waals surface area contributed by atoms with Crippen molar-refractivity contribution in [2.24, 2.45) is 5.92 Å². The summed E-state index contributed by atoms with van der Waals surface area (Å²) in [5, 5.41) is 3.19. The van der Waals surface area contributed by atoms with Crippen molar-refractivity contribution in [3.63, 3.8) is 0 Å². The second kappa shape index (κ2) is 11.4. The summed E-state index contributed by atoms with van der Waals surface area (Å²) in [6, 6.07) is 15.0. The number of morpholine rings is 1. The molecule has 1 aromatic heterocycles. The minimum absolute atomic E-state index is 0.0847. The normalized spacial score (nSPS) is 17.6. The first-order valence-electron chi connectivity index (χ1n) is 13.4. The maximum atomic E-state index is 12.8. The number of nitrogens with zero attached hydrogens (tertiary/aromatic N) is 4. The van der Waals surface area contributed by atoms with Crippen molar-refractivity contribution in [3.05, 3.63) is 59.2 Å². The number of hydrogen-bond donors (Lipinski definition) is 1. The van der Waals surface area contributed by atoms with E-state index in [1.807, 2.05) is 0 Å². The molecule has 7 heteroatoms. The minimum Gasteiger partial charge on any atom is -0.379 e. The molecule has 2 aliphatic heterocycles. The summed E-state index contributed by atoms with van der Waals surface area (Å²) in [6.07, 6.45) is 2.72. The third-order valence-electron chi connectivity index (χ3n) is 7.67. The number of benzene rings is 2. The molecular formula is C29H39N5O2. The number of carbonyl (C=O) groups excluding carboxylic acids is 1. The number of hydrogen-bond acceptors (Lipinski definition) is 5. The van der Waals surface area contributed by atoms with Crippen molar-refractivity contribution in [3.8, 4) is 0 Å². The van der Waals surface area contributed by atoms with Gasteiger partial charge in [0.2, 0.25) is 11.9 Å². The van der Waals surface area contributed by atoms with Gasteiger partial charge in [0.05, 0.1) is 30.8 Å². The Kier molecular flexibility index (Phi) is 7.87. The van der Waals surface area contributed by atoms with E-state index in [0.717, 1.165) is 95.3 Å². The molecule has 0 spiro atoms. The predicted molar refractivity (Wildman–Crippen MR) is 145 cm³/mol. The zero-order valence-electron chi connectivity index (χ0n) is 21.7. The van der Waals surface area contributed by atoms with Gasteiger partial charge in [-0.25, -0.2) is 4.98 Å². The van der Waals surface area contributed by atoms with Crippen molar-refractivity contribution in [2.45, 2.75) is 39.7 Å². The van der Waals surface area contributed by atoms with Crippen molar-refractivity contribution in [2.75, 3.05) is 57.4 Å². The molecule has 1 N–H and O–H groups in total. The highest BCUT2D eigenvalue weighted by atomic mass is 16.5. The summed E-state index contributed by atoms with van der Waals surface area (Å²) < 4.78 is 7.76. The molecule has 0 atom stereocenters. The minimum atomic E-state index is 0.0847. The Balaban J connectivity index is 1.20. The highest BCUT2D eigenvalue weighted by Gasteiger charge is 2.27. The zero-order chi connectivity index (χ0) is 24.9. The van der Waals surface area contributed by atoms with Crippen molar-refractivity contribution in [1.29, 1.82) is 0 Å². The molecule has 5 rings (SSSR count). The molecule has 192 valence electrons. The van der Waals surface area contributed by atoms with Gasteiger partial charge in [0.1, 0.15) is 0 Å². The first kappa shape index (κ1) is 24.8. The number of amides is 1. The lowest BCUT2D eigenvalue weighted by molar-refractivity contribution is -0.125. The van der Waals surface area contributed by atoms with Crippen molar-refractivity contribution < 1.29 is 9.53 Å². The topological polar surface area (TPSA) is 62.6 Å². The Hall–Kier alpha value is -2.90. The fourth-order valence-corrected chi connectivity index (χ4v) is 5.43. The molecule has 0 saturated carbocycles. The Bertz CT molecular complexity index is 1180. The molecule has 0 aliphatic carbocycles. The largest absolute Gasteiger partial charge is 0.379 e. The van der Waals surface area contributed by atoms with Crippen LogP contribution < -0.4 is 10.2 Å². The number of imidazole rings is 1. The summed E-state index contributed by atoms with van der Waals surface area (Å²) in [5.41, 5.74) is 6.09. The molecule has 0 unspecified atom stereocenters. The molecule has 3 aromatic rings. The van der Waals surface area contributed by atoms with Gasteiger partial charge in [-0.05, 0) is 62.9 Å². The molecule has 0 bridgehead atoms. The zero-order valence-corrected chi connectivity index (χ0v) is 21.7. The van der Waals surface area contributed by atoms with E-state index in [2.05, 4.69) is 76.0 Å². The van der Waals surface area contributed by atoms with E-state index in [-0.39, 0.29) is 11.8 Å². The summed E-state index contributed by atoms with van der Waals surface area (Å²) in [6.45, 7) is 12.2. The molecule has 7 nitrogen and oxygen atoms in total. The van der Waals surface area contributed by atoms with Gasteiger partial charge in [0, 0.05) is 38.6 Å². The number of piperidine rings is 1. The van der Waals surface area contributed by atoms with Gasteiger partial charge >= 0.3 is 0 Å². The van der Waals surface area contributed by atoms with Crippen LogP contribution in [-0.4, -0.2) is 72.8 Å². The number of ether oxygens (including phenoxy) is 1. The molecule has 2 fully saturated rings. The van der Waals surface area contributed by atoms with E-state index < -0.39 is 0 Å². The van der Waals surface area contributed by atoms with E-state index in [4.69, 9.17) is 9.72 Å². The second-order valence-corrected chi connectivity index (χ2v) is 10.3. The first-order valence-corrected chi connectivity index (χ1v) is 13.4. The number of para-hydroxylation sites is 2. The third-order valence-corrected chi connectivity index (χ3v) is 7.67. The summed E-state index contributed by atoms with van der Waals surface area (Å²) in [4.78, 5) is 22.6. The third kappa shape index (κ3) is 5.73. The lowest BCUT2D eigenvalue weighted by atomic mass is 9.96. The standard InChI is InChI=1S/C29H39N5O2/c1-22-8-9-23(2)25(20-22)21-34-27-7-4-3-6-26(27)31-29(34)33-14-10-24(11-15-33)28(35)30-12-5-13-32-16-18-36-19-17-32/h3-4,6-9,20,24H,5,10-19,21H2,1-2H3,(H,30,35). The Morgan fingerprint density at radius 3 is 2.64 bits per heavy atom. The summed E-state index contributed by atoms with van der Waals surface area (Å²) in [5.74, 6) is 1.31. The highest BCUT2D eigenvalue weighted by Crippen LogP contribution is 2.28. The van der Waals surface area contributed by atoms with Gasteiger partial charge in [-0.1, -0.05) is 35.9 Å². The molecule has 0 radical (unpaired) electrons. The van der Waals surface area contributed by atoms with Gasteiger partial charge in [0.25, 0.3) is 0 Å². The molecule has 3 heterocycles. The van der Waals surface area contributed by atoms with Crippen LogP contribution in [0.25, 0.3) is 11.0 Å². The number of rotatable bonds is 8. The number of anilines is 1. The smallest absolute Gasteiger partial charge is 0.223 e. The van der Waals surface area contributed by atoms with E-state index in [1.165, 1.54) is 16.7 Å². The van der Waals surface area contributed by atoms with Crippen LogP contribution >= 0.6 is 0 Å². The maximum Gasteiger partial charge on any atom is 0.223 e. The summed E-state index contributed by atoms with van der Waals surface area (Å²) >= 11 is 0. The molecule has 2 aromatic carbocycles. The van der Waals surface area contributed by atoms with Crippen LogP contribution in [0.1, 0.15) is 36.0 Å². The van der Waals surface area contributed by atoms with Crippen LogP contribution in [0.3, 0.4) is 0 Å². The van der Waals surface area contributed by atoms with Crippen molar-refractivity contribution >= 4 is 22.9 Å². The van der Waals surface area contributed by atoms with E-state index in [1.54, 1.807) is 0 Å². The number of aromatic nitrogens is 2. The van der Waals surface area contributed by atoms with Crippen molar-refractivity contribution in [1.82, 2.24) is 19.8 Å². The SMILES string of the molecule is Cc1ccc(C)c(Cn2c(N3CCC(C(=O)NCCCN4CCOCC4)CC3)nc3ccccc32)c1. The number of nitrogens with one attached hydrogen (secondary N) is 1. The lowest BCUT2D eigenvalue weighted by Gasteiger charge is -2.32. The quantitative estimate of drug-likeness (QED) is 0.488. The van der Waals surface area contributed by atoms with Crippen LogP contribution in [-0.2, 0) is 16.1 Å². The van der Waals surface area contributed by atoms with Gasteiger partial charge < -0.3 is 19.5 Å². The van der Waals surface area contributed by atoms with Gasteiger partial charge in [-0.3, -0.25) is 9.69 Å². The summed E-state index contributed by atoms with van der Waals surface area (Å²) in [7, 11) is 0. The lowest BCUT2D eigenvalue weighted by Crippen LogP contribution is -2.42. The monoisotopic (exact) mass is 489 g/mol. The van der Waals surface area contributed by atoms with E-state index >= 15 is 0 Å². The molecule has 2 aliphatic rings. The maximum absolute atomic E-state index is 12.8. The number of aryl methyl sites for hydroxylation is 2. The van der Waals surface area contributed by atoms with Crippen LogP contribution in [0.4, 0.5) is 5.95 Å². The highest BCUT2D eigenvalue weighted by molar-refractivity contribution is 5.80. The van der Waals surface area contributed by atoms with Crippen LogP contribution in [0.15, 0.2) is 42.5 Å². The average molecular weight is 490 g/mol. The van der Waals surface area contributed by atoms with E-state index in [0.29, 0.717) is 0 Å². The molecule has 2 saturated heterocycles. The molecule has 36 heavy (non-hydrogen) atoms. The van der Waals surface area contributed by atoms with Gasteiger partial charge in [-0.2, -0.15) is 0 Å². The Labute approximate surface area is 214 Å². The van der Waals surface area contributed by atoms with Crippen LogP contribution in [0, 0.1) is 19.8 Å². The van der Waals surface area contributed by atoms with Gasteiger partial charge in [-0.15, -0.1) is 0 Å². The molecular weight excluding hydrogens is 450 g/mol. The molecule has 1 amide bonds. The first-order chi connectivity index (χ1) is 17.6. The van der Waals surface area contributed by atoms with Crippen LogP contribution in [0.2, 0.25) is 0 Å². The number of fused-ring (bicyclic) bond motifs is 1. The second-order valence-electron chi connectivity index (χ2n) is 10.3. The average Bonchev–Trinajstić information content (AvgIpc) is 3.27.